The Morgan fingerprint density at radius 3 is 2.11 bits per heavy atom. The highest BCUT2D eigenvalue weighted by atomic mass is 19.4. The summed E-state index contributed by atoms with van der Waals surface area (Å²) in [5, 5.41) is 2.36. The van der Waals surface area contributed by atoms with Gasteiger partial charge in [-0.15, -0.1) is 0 Å². The monoisotopic (exact) mass is 411 g/mol. The first-order valence-electron chi connectivity index (χ1n) is 9.48. The maximum Gasteiger partial charge on any atom is 0.453 e. The number of unbranched alkanes of at least 4 members (excludes halogenated alkanes) is 2. The molecule has 1 amide bonds. The molecule has 0 atom stereocenters. The molecule has 3 nitrogen and oxygen atoms in total. The molecule has 162 valence electrons. The minimum atomic E-state index is -5.56. The zero-order chi connectivity index (χ0) is 21.6. The van der Waals surface area contributed by atoms with Crippen LogP contribution >= 0.6 is 0 Å². The first-order valence-corrected chi connectivity index (χ1v) is 9.48. The minimum Gasteiger partial charge on any atom is -0.385 e. The van der Waals surface area contributed by atoms with Crippen LogP contribution in [0.25, 0.3) is 0 Å². The molecule has 1 aromatic carbocycles. The number of halogens is 5. The summed E-state index contributed by atoms with van der Waals surface area (Å²) in [6.07, 6.45) is -3.46. The number of alkyl halides is 5. The van der Waals surface area contributed by atoms with Gasteiger partial charge in [-0.05, 0) is 43.4 Å². The van der Waals surface area contributed by atoms with Gasteiger partial charge in [0.25, 0.3) is 5.91 Å². The highest BCUT2D eigenvalue weighted by Gasteiger charge is 2.56. The predicted molar refractivity (Wildman–Crippen MR) is 99.8 cm³/mol. The Bertz CT molecular complexity index is 545. The van der Waals surface area contributed by atoms with Crippen molar-refractivity contribution in [2.75, 3.05) is 20.3 Å². The summed E-state index contributed by atoms with van der Waals surface area (Å²) in [4.78, 5) is 11.9. The summed E-state index contributed by atoms with van der Waals surface area (Å²) in [5.41, 5.74) is 1.42. The first kappa shape index (κ1) is 26.3. The van der Waals surface area contributed by atoms with Gasteiger partial charge < -0.3 is 10.1 Å². The van der Waals surface area contributed by atoms with Crippen LogP contribution in [0, 0.1) is 0 Å². The van der Waals surface area contributed by atoms with E-state index in [0.29, 0.717) is 5.56 Å². The standard InChI is InChI=1S/C18H24F5NO2.C2H6/c1-26-13-4-2-3-6-14-7-9-15(10-8-14)16(25)24-12-5-11-17(19,20)18(21,22)23;1-2/h7-10H,2-6,11-13H2,1H3,(H,24,25);1-2H3. The lowest BCUT2D eigenvalue weighted by Crippen LogP contribution is -2.37. The third-order valence-electron chi connectivity index (χ3n) is 3.90. The number of nitrogens with one attached hydrogen (secondary N) is 1. The Hall–Kier alpha value is -1.70. The van der Waals surface area contributed by atoms with Gasteiger partial charge in [-0.1, -0.05) is 32.4 Å². The Balaban J connectivity index is 0.00000352. The second-order valence-electron chi connectivity index (χ2n) is 6.06. The zero-order valence-corrected chi connectivity index (χ0v) is 16.7. The van der Waals surface area contributed by atoms with E-state index in [2.05, 4.69) is 5.32 Å². The molecule has 0 spiro atoms. The van der Waals surface area contributed by atoms with Gasteiger partial charge in [0.05, 0.1) is 0 Å². The molecular weight excluding hydrogens is 381 g/mol. The van der Waals surface area contributed by atoms with E-state index < -0.39 is 30.8 Å². The number of benzene rings is 1. The Morgan fingerprint density at radius 2 is 1.57 bits per heavy atom. The lowest BCUT2D eigenvalue weighted by atomic mass is 10.0. The van der Waals surface area contributed by atoms with Crippen molar-refractivity contribution in [3.63, 3.8) is 0 Å². The van der Waals surface area contributed by atoms with Gasteiger partial charge in [0.15, 0.2) is 0 Å². The molecule has 1 N–H and O–H groups in total. The summed E-state index contributed by atoms with van der Waals surface area (Å²) < 4.78 is 66.6. The van der Waals surface area contributed by atoms with Gasteiger partial charge in [-0.3, -0.25) is 4.79 Å². The van der Waals surface area contributed by atoms with Crippen molar-refractivity contribution in [2.45, 2.75) is 64.5 Å². The van der Waals surface area contributed by atoms with Crippen LogP contribution in [0.2, 0.25) is 0 Å². The fraction of sp³-hybridized carbons (Fsp3) is 0.650. The van der Waals surface area contributed by atoms with E-state index in [1.807, 2.05) is 26.0 Å². The number of hydrogen-bond acceptors (Lipinski definition) is 2. The molecule has 1 aromatic rings. The molecule has 0 radical (unpaired) electrons. The van der Waals surface area contributed by atoms with Crippen LogP contribution in [0.1, 0.15) is 61.9 Å². The van der Waals surface area contributed by atoms with Crippen molar-refractivity contribution in [1.29, 1.82) is 0 Å². The summed E-state index contributed by atoms with van der Waals surface area (Å²) >= 11 is 0. The molecule has 0 aliphatic rings. The molecule has 1 rings (SSSR count). The Labute approximate surface area is 163 Å². The zero-order valence-electron chi connectivity index (χ0n) is 16.7. The Morgan fingerprint density at radius 1 is 0.964 bits per heavy atom. The van der Waals surface area contributed by atoms with E-state index in [4.69, 9.17) is 4.74 Å². The largest absolute Gasteiger partial charge is 0.453 e. The minimum absolute atomic E-state index is 0.244. The molecule has 0 fully saturated rings. The van der Waals surface area contributed by atoms with Crippen LogP contribution in [-0.4, -0.2) is 38.3 Å². The average Bonchev–Trinajstić information content (AvgIpc) is 2.66. The first-order chi connectivity index (χ1) is 13.2. The number of carbonyl (C=O) groups is 1. The normalized spacial score (nSPS) is 11.6. The SMILES string of the molecule is CC.COCCCCCc1ccc(C(=O)NCCCC(F)(F)C(F)(F)F)cc1. The summed E-state index contributed by atoms with van der Waals surface area (Å²) in [5.74, 6) is -5.23. The quantitative estimate of drug-likeness (QED) is 0.370. The number of carbonyl (C=O) groups excluding carboxylic acids is 1. The lowest BCUT2D eigenvalue weighted by Gasteiger charge is -2.19. The lowest BCUT2D eigenvalue weighted by molar-refractivity contribution is -0.284. The van der Waals surface area contributed by atoms with Crippen molar-refractivity contribution >= 4 is 5.91 Å². The molecule has 0 aliphatic carbocycles. The molecule has 28 heavy (non-hydrogen) atoms. The van der Waals surface area contributed by atoms with Gasteiger partial charge in [-0.25, -0.2) is 0 Å². The van der Waals surface area contributed by atoms with Crippen LogP contribution in [0.5, 0.6) is 0 Å². The second kappa shape index (κ2) is 13.5. The third-order valence-corrected chi connectivity index (χ3v) is 3.90. The van der Waals surface area contributed by atoms with Crippen molar-refractivity contribution < 1.29 is 31.5 Å². The van der Waals surface area contributed by atoms with Crippen molar-refractivity contribution in [3.8, 4) is 0 Å². The van der Waals surface area contributed by atoms with E-state index >= 15 is 0 Å². The highest BCUT2D eigenvalue weighted by Crippen LogP contribution is 2.38. The van der Waals surface area contributed by atoms with Gasteiger partial charge in [0.1, 0.15) is 0 Å². The van der Waals surface area contributed by atoms with E-state index in [1.165, 1.54) is 0 Å². The Kier molecular flexibility index (Phi) is 12.7. The van der Waals surface area contributed by atoms with Crippen molar-refractivity contribution in [1.82, 2.24) is 5.32 Å². The van der Waals surface area contributed by atoms with Crippen LogP contribution in [0.4, 0.5) is 22.0 Å². The van der Waals surface area contributed by atoms with Crippen LogP contribution in [0.3, 0.4) is 0 Å². The number of rotatable bonds is 11. The van der Waals surface area contributed by atoms with Crippen molar-refractivity contribution in [2.24, 2.45) is 0 Å². The maximum absolute atomic E-state index is 12.7. The molecule has 0 unspecified atom stereocenters. The third kappa shape index (κ3) is 10.0. The van der Waals surface area contributed by atoms with E-state index in [-0.39, 0.29) is 6.54 Å². The molecular formula is C20H30F5NO2. The fourth-order valence-electron chi connectivity index (χ4n) is 2.33. The average molecular weight is 411 g/mol. The van der Waals surface area contributed by atoms with E-state index in [9.17, 15) is 26.7 Å². The van der Waals surface area contributed by atoms with Crippen LogP contribution < -0.4 is 5.32 Å². The molecule has 8 heteroatoms. The maximum atomic E-state index is 12.7. The van der Waals surface area contributed by atoms with Crippen molar-refractivity contribution in [3.05, 3.63) is 35.4 Å². The number of ether oxygens (including phenoxy) is 1. The van der Waals surface area contributed by atoms with Crippen LogP contribution in [-0.2, 0) is 11.2 Å². The molecule has 0 saturated carbocycles. The molecule has 0 saturated heterocycles. The molecule has 0 aromatic heterocycles. The van der Waals surface area contributed by atoms with Gasteiger partial charge in [0, 0.05) is 32.2 Å². The summed E-state index contributed by atoms with van der Waals surface area (Å²) in [6, 6.07) is 6.85. The van der Waals surface area contributed by atoms with Gasteiger partial charge >= 0.3 is 12.1 Å². The number of methoxy groups -OCH3 is 1. The van der Waals surface area contributed by atoms with Gasteiger partial charge in [-0.2, -0.15) is 22.0 Å². The predicted octanol–water partition coefficient (Wildman–Crippen LogP) is 5.78. The highest BCUT2D eigenvalue weighted by molar-refractivity contribution is 5.94. The fourth-order valence-corrected chi connectivity index (χ4v) is 2.33. The molecule has 0 aliphatic heterocycles. The second-order valence-corrected chi connectivity index (χ2v) is 6.06. The van der Waals surface area contributed by atoms with E-state index in [1.54, 1.807) is 19.2 Å². The van der Waals surface area contributed by atoms with E-state index in [0.717, 1.165) is 37.9 Å². The number of amides is 1. The number of aryl methyl sites for hydroxylation is 1. The molecule has 0 bridgehead atoms. The molecule has 0 heterocycles. The van der Waals surface area contributed by atoms with Gasteiger partial charge in [0.2, 0.25) is 0 Å². The number of hydrogen-bond donors (Lipinski definition) is 1. The summed E-state index contributed by atoms with van der Waals surface area (Å²) in [6.45, 7) is 4.49. The topological polar surface area (TPSA) is 38.3 Å². The van der Waals surface area contributed by atoms with Crippen LogP contribution in [0.15, 0.2) is 24.3 Å². The summed E-state index contributed by atoms with van der Waals surface area (Å²) in [7, 11) is 1.66. The smallest absolute Gasteiger partial charge is 0.385 e.